The highest BCUT2D eigenvalue weighted by Gasteiger charge is 2.13. The topological polar surface area (TPSA) is 56.7 Å². The van der Waals surface area contributed by atoms with Gasteiger partial charge in [-0.25, -0.2) is 0 Å². The van der Waals surface area contributed by atoms with Crippen LogP contribution in [0.3, 0.4) is 0 Å². The Balaban J connectivity index is 1.97. The van der Waals surface area contributed by atoms with Crippen molar-refractivity contribution in [1.82, 2.24) is 14.8 Å². The van der Waals surface area contributed by atoms with Crippen LogP contribution in [0.5, 0.6) is 0 Å². The number of nitrogens with zero attached hydrogens (tertiary/aromatic N) is 3. The zero-order valence-electron chi connectivity index (χ0n) is 13.4. The Morgan fingerprint density at radius 2 is 1.70 bits per heavy atom. The van der Waals surface area contributed by atoms with Crippen LogP contribution < -0.4 is 5.73 Å². The molecule has 0 aliphatic carbocycles. The van der Waals surface area contributed by atoms with Crippen molar-refractivity contribution in [1.29, 1.82) is 0 Å². The van der Waals surface area contributed by atoms with Crippen LogP contribution in [-0.2, 0) is 13.0 Å². The van der Waals surface area contributed by atoms with Gasteiger partial charge in [0, 0.05) is 17.7 Å². The average Bonchev–Trinajstić information content (AvgIpc) is 2.98. The molecule has 3 rings (SSSR count). The first-order valence-corrected chi connectivity index (χ1v) is 8.10. The molecule has 0 aliphatic rings. The molecule has 0 radical (unpaired) electrons. The number of benzene rings is 2. The van der Waals surface area contributed by atoms with Crippen LogP contribution >= 0.6 is 0 Å². The quantitative estimate of drug-likeness (QED) is 0.702. The third kappa shape index (κ3) is 3.59. The monoisotopic (exact) mass is 306 g/mol. The molecule has 3 aromatic rings. The standard InChI is InChI=1S/C19H22N4/c1-2-3-9-18-21-22-19(16-7-5-4-6-8-16)23(18)14-15-10-12-17(20)13-11-15/h4-8,10-13H,2-3,9,14,20H2,1H3. The van der Waals surface area contributed by atoms with Crippen LogP contribution in [0.25, 0.3) is 11.4 Å². The van der Waals surface area contributed by atoms with Crippen molar-refractivity contribution in [3.63, 3.8) is 0 Å². The fourth-order valence-corrected chi connectivity index (χ4v) is 2.63. The summed E-state index contributed by atoms with van der Waals surface area (Å²) in [5.41, 5.74) is 8.87. The van der Waals surface area contributed by atoms with E-state index in [9.17, 15) is 0 Å². The summed E-state index contributed by atoms with van der Waals surface area (Å²) in [7, 11) is 0. The van der Waals surface area contributed by atoms with E-state index in [1.807, 2.05) is 30.3 Å². The molecule has 23 heavy (non-hydrogen) atoms. The van der Waals surface area contributed by atoms with Gasteiger partial charge in [-0.3, -0.25) is 0 Å². The zero-order valence-corrected chi connectivity index (χ0v) is 13.4. The number of hydrogen-bond donors (Lipinski definition) is 1. The smallest absolute Gasteiger partial charge is 0.164 e. The van der Waals surface area contributed by atoms with Crippen molar-refractivity contribution >= 4 is 5.69 Å². The van der Waals surface area contributed by atoms with E-state index in [2.05, 4.69) is 46.0 Å². The van der Waals surface area contributed by atoms with Gasteiger partial charge >= 0.3 is 0 Å². The first-order valence-electron chi connectivity index (χ1n) is 8.10. The molecule has 118 valence electrons. The van der Waals surface area contributed by atoms with Crippen LogP contribution in [0, 0.1) is 0 Å². The maximum atomic E-state index is 5.79. The summed E-state index contributed by atoms with van der Waals surface area (Å²) in [6.07, 6.45) is 3.22. The summed E-state index contributed by atoms with van der Waals surface area (Å²) >= 11 is 0. The molecule has 2 aromatic carbocycles. The van der Waals surface area contributed by atoms with E-state index < -0.39 is 0 Å². The first kappa shape index (κ1) is 15.3. The van der Waals surface area contributed by atoms with Crippen molar-refractivity contribution in [2.45, 2.75) is 32.7 Å². The van der Waals surface area contributed by atoms with Gasteiger partial charge in [0.2, 0.25) is 0 Å². The number of hydrogen-bond acceptors (Lipinski definition) is 3. The van der Waals surface area contributed by atoms with Gasteiger partial charge in [-0.15, -0.1) is 10.2 Å². The second-order valence-electron chi connectivity index (χ2n) is 5.74. The lowest BCUT2D eigenvalue weighted by Gasteiger charge is -2.11. The Kier molecular flexibility index (Phi) is 4.71. The molecule has 1 aromatic heterocycles. The molecule has 0 saturated carbocycles. The van der Waals surface area contributed by atoms with Crippen molar-refractivity contribution in [2.24, 2.45) is 0 Å². The van der Waals surface area contributed by atoms with Crippen LogP contribution in [0.2, 0.25) is 0 Å². The number of nitrogens with two attached hydrogens (primary N) is 1. The predicted molar refractivity (Wildman–Crippen MR) is 94.0 cm³/mol. The maximum Gasteiger partial charge on any atom is 0.164 e. The third-order valence-electron chi connectivity index (χ3n) is 3.93. The lowest BCUT2D eigenvalue weighted by Crippen LogP contribution is -2.07. The minimum atomic E-state index is 0.760. The Labute approximate surface area is 137 Å². The SMILES string of the molecule is CCCCc1nnc(-c2ccccc2)n1Cc1ccc(N)cc1. The number of anilines is 1. The third-order valence-corrected chi connectivity index (χ3v) is 3.93. The molecule has 0 spiro atoms. The Bertz CT molecular complexity index is 745. The van der Waals surface area contributed by atoms with Crippen molar-refractivity contribution in [3.8, 4) is 11.4 Å². The molecule has 0 unspecified atom stereocenters. The Morgan fingerprint density at radius 3 is 2.39 bits per heavy atom. The van der Waals surface area contributed by atoms with Crippen molar-refractivity contribution in [3.05, 3.63) is 66.0 Å². The summed E-state index contributed by atoms with van der Waals surface area (Å²) in [5, 5.41) is 8.87. The lowest BCUT2D eigenvalue weighted by atomic mass is 10.1. The molecule has 0 amide bonds. The van der Waals surface area contributed by atoms with Gasteiger partial charge < -0.3 is 10.3 Å². The van der Waals surface area contributed by atoms with Crippen molar-refractivity contribution in [2.75, 3.05) is 5.73 Å². The molecular weight excluding hydrogens is 284 g/mol. The highest BCUT2D eigenvalue weighted by molar-refractivity contribution is 5.55. The number of aryl methyl sites for hydroxylation is 1. The van der Waals surface area contributed by atoms with Crippen LogP contribution in [-0.4, -0.2) is 14.8 Å². The van der Waals surface area contributed by atoms with Gasteiger partial charge in [-0.05, 0) is 24.1 Å². The van der Waals surface area contributed by atoms with Gasteiger partial charge in [0.1, 0.15) is 5.82 Å². The molecule has 0 saturated heterocycles. The van der Waals surface area contributed by atoms with E-state index >= 15 is 0 Å². The predicted octanol–water partition coefficient (Wildman–Crippen LogP) is 3.92. The number of nitrogen functional groups attached to an aromatic ring is 1. The van der Waals surface area contributed by atoms with Crippen molar-refractivity contribution < 1.29 is 0 Å². The van der Waals surface area contributed by atoms with Gasteiger partial charge in [-0.1, -0.05) is 55.8 Å². The van der Waals surface area contributed by atoms with Gasteiger partial charge in [-0.2, -0.15) is 0 Å². The van der Waals surface area contributed by atoms with E-state index in [4.69, 9.17) is 5.73 Å². The summed E-state index contributed by atoms with van der Waals surface area (Å²) in [5.74, 6) is 1.97. The lowest BCUT2D eigenvalue weighted by molar-refractivity contribution is 0.681. The molecule has 0 aliphatic heterocycles. The van der Waals surface area contributed by atoms with E-state index in [1.165, 1.54) is 5.56 Å². The number of aromatic nitrogens is 3. The molecular formula is C19H22N4. The largest absolute Gasteiger partial charge is 0.399 e. The second-order valence-corrected chi connectivity index (χ2v) is 5.74. The van der Waals surface area contributed by atoms with E-state index in [-0.39, 0.29) is 0 Å². The highest BCUT2D eigenvalue weighted by Crippen LogP contribution is 2.21. The summed E-state index contributed by atoms with van der Waals surface area (Å²) in [6.45, 7) is 2.95. The Morgan fingerprint density at radius 1 is 0.957 bits per heavy atom. The molecule has 2 N–H and O–H groups in total. The maximum absolute atomic E-state index is 5.79. The molecule has 0 fully saturated rings. The average molecular weight is 306 g/mol. The van der Waals surface area contributed by atoms with E-state index in [0.717, 1.165) is 48.7 Å². The molecule has 4 nitrogen and oxygen atoms in total. The van der Waals surface area contributed by atoms with Crippen LogP contribution in [0.1, 0.15) is 31.2 Å². The fraction of sp³-hybridized carbons (Fsp3) is 0.263. The summed E-state index contributed by atoms with van der Waals surface area (Å²) in [4.78, 5) is 0. The number of rotatable bonds is 6. The molecule has 4 heteroatoms. The Hall–Kier alpha value is -2.62. The first-order chi connectivity index (χ1) is 11.3. The second kappa shape index (κ2) is 7.09. The molecule has 0 atom stereocenters. The van der Waals surface area contributed by atoms with Gasteiger partial charge in [0.25, 0.3) is 0 Å². The minimum Gasteiger partial charge on any atom is -0.399 e. The van der Waals surface area contributed by atoms with Crippen LogP contribution in [0.4, 0.5) is 5.69 Å². The fourth-order valence-electron chi connectivity index (χ4n) is 2.63. The summed E-state index contributed by atoms with van der Waals surface area (Å²) in [6, 6.07) is 18.2. The van der Waals surface area contributed by atoms with E-state index in [0.29, 0.717) is 0 Å². The normalized spacial score (nSPS) is 10.8. The zero-order chi connectivity index (χ0) is 16.1. The van der Waals surface area contributed by atoms with E-state index in [1.54, 1.807) is 0 Å². The number of unbranched alkanes of at least 4 members (excludes halogenated alkanes) is 1. The van der Waals surface area contributed by atoms with Gasteiger partial charge in [0.05, 0.1) is 6.54 Å². The molecule has 0 bridgehead atoms. The highest BCUT2D eigenvalue weighted by atomic mass is 15.3. The van der Waals surface area contributed by atoms with Gasteiger partial charge in [0.15, 0.2) is 5.82 Å². The molecule has 1 heterocycles. The summed E-state index contributed by atoms with van der Waals surface area (Å²) < 4.78 is 2.22. The van der Waals surface area contributed by atoms with Crippen LogP contribution in [0.15, 0.2) is 54.6 Å². The minimum absolute atomic E-state index is 0.760.